The SMILES string of the molecule is Cc1c(C#N)ccc2c1CCC2Oc1ccc2[nH]nc(-c3cnn(C(F)F)c3)c2c1. The third-order valence-electron chi connectivity index (χ3n) is 5.65. The zero-order valence-corrected chi connectivity index (χ0v) is 16.1. The van der Waals surface area contributed by atoms with Crippen molar-refractivity contribution >= 4 is 10.9 Å². The topological polar surface area (TPSA) is 79.5 Å². The van der Waals surface area contributed by atoms with Crippen molar-refractivity contribution < 1.29 is 13.5 Å². The van der Waals surface area contributed by atoms with E-state index in [4.69, 9.17) is 4.74 Å². The van der Waals surface area contributed by atoms with Crippen LogP contribution in [0.1, 0.15) is 41.3 Å². The summed E-state index contributed by atoms with van der Waals surface area (Å²) in [5, 5.41) is 20.9. The normalized spacial score (nSPS) is 15.5. The highest BCUT2D eigenvalue weighted by molar-refractivity contribution is 5.93. The molecule has 6 nitrogen and oxygen atoms in total. The zero-order valence-electron chi connectivity index (χ0n) is 16.1. The number of nitrogens with zero attached hydrogens (tertiary/aromatic N) is 4. The first-order valence-electron chi connectivity index (χ1n) is 9.55. The van der Waals surface area contributed by atoms with E-state index < -0.39 is 6.55 Å². The zero-order chi connectivity index (χ0) is 20.8. The van der Waals surface area contributed by atoms with Crippen molar-refractivity contribution in [2.45, 2.75) is 32.4 Å². The van der Waals surface area contributed by atoms with Gasteiger partial charge in [0, 0.05) is 17.1 Å². The largest absolute Gasteiger partial charge is 0.486 e. The quantitative estimate of drug-likeness (QED) is 0.514. The van der Waals surface area contributed by atoms with E-state index in [1.54, 1.807) is 0 Å². The van der Waals surface area contributed by atoms with E-state index >= 15 is 0 Å². The van der Waals surface area contributed by atoms with Crippen LogP contribution in [-0.2, 0) is 6.42 Å². The molecule has 8 heteroatoms. The number of hydrogen-bond donors (Lipinski definition) is 1. The highest BCUT2D eigenvalue weighted by Crippen LogP contribution is 2.38. The predicted octanol–water partition coefficient (Wildman–Crippen LogP) is 5.07. The fraction of sp³-hybridized carbons (Fsp3) is 0.227. The first kappa shape index (κ1) is 18.3. The molecule has 150 valence electrons. The molecule has 0 amide bonds. The fourth-order valence-corrected chi connectivity index (χ4v) is 4.10. The Morgan fingerprint density at radius 1 is 1.30 bits per heavy atom. The van der Waals surface area contributed by atoms with Crippen LogP contribution in [0.5, 0.6) is 5.75 Å². The molecule has 0 bridgehead atoms. The van der Waals surface area contributed by atoms with Gasteiger partial charge in [-0.25, -0.2) is 4.68 Å². The molecule has 0 saturated heterocycles. The summed E-state index contributed by atoms with van der Waals surface area (Å²) >= 11 is 0. The molecule has 0 aliphatic heterocycles. The molecule has 1 aliphatic rings. The Morgan fingerprint density at radius 3 is 2.93 bits per heavy atom. The minimum absolute atomic E-state index is 0.0965. The lowest BCUT2D eigenvalue weighted by atomic mass is 9.99. The van der Waals surface area contributed by atoms with Gasteiger partial charge in [0.15, 0.2) is 0 Å². The molecule has 1 N–H and O–H groups in total. The minimum atomic E-state index is -2.70. The average Bonchev–Trinajstić information content (AvgIpc) is 3.46. The molecule has 0 saturated carbocycles. The van der Waals surface area contributed by atoms with Gasteiger partial charge in [0.1, 0.15) is 17.5 Å². The lowest BCUT2D eigenvalue weighted by Crippen LogP contribution is -2.04. The van der Waals surface area contributed by atoms with Crippen LogP contribution in [0.2, 0.25) is 0 Å². The fourth-order valence-electron chi connectivity index (χ4n) is 4.10. The molecular weight excluding hydrogens is 388 g/mol. The lowest BCUT2D eigenvalue weighted by Gasteiger charge is -2.16. The summed E-state index contributed by atoms with van der Waals surface area (Å²) in [6, 6.07) is 11.6. The number of H-pyrrole nitrogens is 1. The molecule has 2 aromatic heterocycles. The maximum absolute atomic E-state index is 12.9. The molecule has 1 atom stereocenters. The standard InChI is InChI=1S/C22H17F2N5O/c1-12-13(9-25)2-4-17-16(12)5-7-20(17)30-15-3-6-19-18(8-15)21(28-27-19)14-10-26-29(11-14)22(23)24/h2-4,6,8,10-11,20,22H,5,7H2,1H3,(H,27,28). The monoisotopic (exact) mass is 405 g/mol. The second-order valence-electron chi connectivity index (χ2n) is 7.33. The summed E-state index contributed by atoms with van der Waals surface area (Å²) in [7, 11) is 0. The number of nitrogens with one attached hydrogen (secondary N) is 1. The van der Waals surface area contributed by atoms with Gasteiger partial charge in [-0.2, -0.15) is 24.2 Å². The van der Waals surface area contributed by atoms with Crippen LogP contribution in [0, 0.1) is 18.3 Å². The number of fused-ring (bicyclic) bond motifs is 2. The van der Waals surface area contributed by atoms with Crippen molar-refractivity contribution in [1.82, 2.24) is 20.0 Å². The molecule has 4 aromatic rings. The van der Waals surface area contributed by atoms with Crippen LogP contribution in [0.15, 0.2) is 42.7 Å². The van der Waals surface area contributed by atoms with Gasteiger partial charge in [-0.3, -0.25) is 5.10 Å². The lowest BCUT2D eigenvalue weighted by molar-refractivity contribution is 0.0566. The van der Waals surface area contributed by atoms with E-state index in [0.717, 1.165) is 34.9 Å². The smallest absolute Gasteiger partial charge is 0.333 e. The Hall–Kier alpha value is -3.73. The van der Waals surface area contributed by atoms with Crippen molar-refractivity contribution in [3.63, 3.8) is 0 Å². The van der Waals surface area contributed by atoms with Gasteiger partial charge in [-0.1, -0.05) is 6.07 Å². The van der Waals surface area contributed by atoms with Gasteiger partial charge in [0.25, 0.3) is 0 Å². The number of hydrogen-bond acceptors (Lipinski definition) is 4. The number of rotatable bonds is 4. The number of aromatic amines is 1. The third-order valence-corrected chi connectivity index (χ3v) is 5.65. The summed E-state index contributed by atoms with van der Waals surface area (Å²) < 4.78 is 32.6. The van der Waals surface area contributed by atoms with Gasteiger partial charge in [-0.15, -0.1) is 0 Å². The number of aromatic nitrogens is 4. The molecule has 30 heavy (non-hydrogen) atoms. The summed E-state index contributed by atoms with van der Waals surface area (Å²) in [5.74, 6) is 0.672. The molecule has 0 radical (unpaired) electrons. The summed E-state index contributed by atoms with van der Waals surface area (Å²) in [4.78, 5) is 0. The summed E-state index contributed by atoms with van der Waals surface area (Å²) in [6.45, 7) is -0.723. The highest BCUT2D eigenvalue weighted by atomic mass is 19.3. The number of benzene rings is 2. The Labute approximate surface area is 170 Å². The van der Waals surface area contributed by atoms with Gasteiger partial charge in [-0.05, 0) is 60.7 Å². The number of nitriles is 1. The van der Waals surface area contributed by atoms with Crippen LogP contribution >= 0.6 is 0 Å². The number of alkyl halides is 2. The summed E-state index contributed by atoms with van der Waals surface area (Å²) in [5.41, 5.74) is 5.84. The molecule has 0 spiro atoms. The molecule has 1 aliphatic carbocycles. The molecule has 2 aromatic carbocycles. The third kappa shape index (κ3) is 2.90. The molecule has 5 rings (SSSR count). The van der Waals surface area contributed by atoms with E-state index in [2.05, 4.69) is 21.4 Å². The van der Waals surface area contributed by atoms with Gasteiger partial charge in [0.2, 0.25) is 0 Å². The minimum Gasteiger partial charge on any atom is -0.486 e. The van der Waals surface area contributed by atoms with E-state index in [9.17, 15) is 14.0 Å². The van der Waals surface area contributed by atoms with Crippen molar-refractivity contribution in [3.05, 3.63) is 65.0 Å². The summed E-state index contributed by atoms with van der Waals surface area (Å²) in [6.07, 6.45) is 4.26. The first-order valence-corrected chi connectivity index (χ1v) is 9.55. The van der Waals surface area contributed by atoms with Crippen LogP contribution < -0.4 is 4.74 Å². The molecule has 1 unspecified atom stereocenters. The Morgan fingerprint density at radius 2 is 2.17 bits per heavy atom. The van der Waals surface area contributed by atoms with Gasteiger partial charge in [0.05, 0.1) is 23.3 Å². The molecular formula is C22H17F2N5O. The van der Waals surface area contributed by atoms with Crippen LogP contribution in [-0.4, -0.2) is 20.0 Å². The van der Waals surface area contributed by atoms with Gasteiger partial charge >= 0.3 is 6.55 Å². The van der Waals surface area contributed by atoms with Crippen LogP contribution in [0.3, 0.4) is 0 Å². The van der Waals surface area contributed by atoms with Crippen LogP contribution in [0.25, 0.3) is 22.2 Å². The van der Waals surface area contributed by atoms with E-state index in [1.807, 2.05) is 37.3 Å². The Bertz CT molecular complexity index is 1300. The number of halogens is 2. The first-order chi connectivity index (χ1) is 14.5. The number of ether oxygens (including phenoxy) is 1. The average molecular weight is 405 g/mol. The maximum Gasteiger partial charge on any atom is 0.333 e. The van der Waals surface area contributed by atoms with E-state index in [1.165, 1.54) is 18.0 Å². The highest BCUT2D eigenvalue weighted by Gasteiger charge is 2.26. The predicted molar refractivity (Wildman–Crippen MR) is 106 cm³/mol. The van der Waals surface area contributed by atoms with E-state index in [-0.39, 0.29) is 6.10 Å². The van der Waals surface area contributed by atoms with Crippen molar-refractivity contribution in [2.24, 2.45) is 0 Å². The van der Waals surface area contributed by atoms with Crippen molar-refractivity contribution in [2.75, 3.05) is 0 Å². The maximum atomic E-state index is 12.9. The molecule has 0 fully saturated rings. The second kappa shape index (κ2) is 6.95. The molecule has 2 heterocycles. The van der Waals surface area contributed by atoms with E-state index in [0.29, 0.717) is 27.3 Å². The van der Waals surface area contributed by atoms with Gasteiger partial charge < -0.3 is 4.74 Å². The van der Waals surface area contributed by atoms with Crippen molar-refractivity contribution in [1.29, 1.82) is 5.26 Å². The Kier molecular flexibility index (Phi) is 4.24. The second-order valence-corrected chi connectivity index (χ2v) is 7.33. The van der Waals surface area contributed by atoms with Crippen molar-refractivity contribution in [3.8, 4) is 23.1 Å². The Balaban J connectivity index is 1.47. The van der Waals surface area contributed by atoms with Crippen LogP contribution in [0.4, 0.5) is 8.78 Å².